The number of methoxy groups -OCH3 is 1. The van der Waals surface area contributed by atoms with Gasteiger partial charge in [0.05, 0.1) is 26.4 Å². The smallest absolute Gasteiger partial charge is 0.330 e. The van der Waals surface area contributed by atoms with Crippen LogP contribution in [0.2, 0.25) is 0 Å². The number of carbonyl (C=O) groups excluding carboxylic acids is 2. The Labute approximate surface area is 106 Å². The number of rotatable bonds is 6. The number of hydrogen-bond donors (Lipinski definition) is 0. The maximum atomic E-state index is 10.9. The molecule has 100 valence electrons. The molecule has 1 heterocycles. The summed E-state index contributed by atoms with van der Waals surface area (Å²) in [7, 11) is 1.30. The van der Waals surface area contributed by atoms with Crippen LogP contribution in [0.5, 0.6) is 0 Å². The van der Waals surface area contributed by atoms with Crippen LogP contribution < -0.4 is 0 Å². The highest BCUT2D eigenvalue weighted by atomic mass is 16.5. The third-order valence-electron chi connectivity index (χ3n) is 2.52. The zero-order valence-corrected chi connectivity index (χ0v) is 10.5. The van der Waals surface area contributed by atoms with Crippen molar-refractivity contribution in [3.05, 3.63) is 23.8 Å². The molecule has 1 unspecified atom stereocenters. The fourth-order valence-corrected chi connectivity index (χ4v) is 1.54. The molecule has 0 aromatic carbocycles. The van der Waals surface area contributed by atoms with Crippen molar-refractivity contribution in [2.24, 2.45) is 0 Å². The average molecular weight is 254 g/mol. The first-order valence-electron chi connectivity index (χ1n) is 5.86. The number of aldehydes is 1. The molecule has 0 aromatic heterocycles. The molecule has 5 nitrogen and oxygen atoms in total. The molecule has 1 aliphatic heterocycles. The van der Waals surface area contributed by atoms with Crippen LogP contribution in [0.15, 0.2) is 23.8 Å². The van der Waals surface area contributed by atoms with Gasteiger partial charge in [0.15, 0.2) is 0 Å². The maximum Gasteiger partial charge on any atom is 0.330 e. The molecular formula is C13H18O5. The van der Waals surface area contributed by atoms with Crippen molar-refractivity contribution in [3.63, 3.8) is 0 Å². The molecule has 1 aliphatic rings. The second-order valence-corrected chi connectivity index (χ2v) is 3.88. The number of esters is 1. The zero-order valence-electron chi connectivity index (χ0n) is 10.5. The minimum atomic E-state index is -0.465. The minimum absolute atomic E-state index is 0.0559. The van der Waals surface area contributed by atoms with Crippen molar-refractivity contribution in [3.8, 4) is 0 Å². The van der Waals surface area contributed by atoms with Gasteiger partial charge in [-0.3, -0.25) is 4.79 Å². The fourth-order valence-electron chi connectivity index (χ4n) is 1.54. The monoisotopic (exact) mass is 254 g/mol. The molecule has 1 fully saturated rings. The van der Waals surface area contributed by atoms with E-state index in [2.05, 4.69) is 4.74 Å². The maximum absolute atomic E-state index is 10.9. The number of allylic oxidation sites excluding steroid dienone is 1. The summed E-state index contributed by atoms with van der Waals surface area (Å²) < 4.78 is 15.4. The van der Waals surface area contributed by atoms with Gasteiger partial charge >= 0.3 is 5.97 Å². The number of ether oxygens (including phenoxy) is 3. The summed E-state index contributed by atoms with van der Waals surface area (Å²) in [4.78, 5) is 21.4. The Balaban J connectivity index is 2.42. The Kier molecular flexibility index (Phi) is 6.98. The summed E-state index contributed by atoms with van der Waals surface area (Å²) in [5, 5.41) is 0. The molecule has 1 saturated heterocycles. The lowest BCUT2D eigenvalue weighted by Crippen LogP contribution is -2.26. The third-order valence-corrected chi connectivity index (χ3v) is 2.52. The van der Waals surface area contributed by atoms with Gasteiger partial charge in [-0.2, -0.15) is 0 Å². The van der Waals surface area contributed by atoms with Crippen LogP contribution in [-0.2, 0) is 23.8 Å². The topological polar surface area (TPSA) is 61.8 Å². The highest BCUT2D eigenvalue weighted by molar-refractivity contribution is 5.82. The Morgan fingerprint density at radius 1 is 1.44 bits per heavy atom. The SMILES string of the molecule is COC(=O)/C=C\C(=C/C=O)COC1CCCOC1. The van der Waals surface area contributed by atoms with Crippen molar-refractivity contribution in [1.29, 1.82) is 0 Å². The third kappa shape index (κ3) is 5.75. The molecule has 0 radical (unpaired) electrons. The fraction of sp³-hybridized carbons (Fsp3) is 0.538. The largest absolute Gasteiger partial charge is 0.466 e. The van der Waals surface area contributed by atoms with E-state index in [-0.39, 0.29) is 12.7 Å². The van der Waals surface area contributed by atoms with Gasteiger partial charge in [0.25, 0.3) is 0 Å². The molecule has 0 saturated carbocycles. The van der Waals surface area contributed by atoms with Crippen LogP contribution in [0.1, 0.15) is 12.8 Å². The van der Waals surface area contributed by atoms with E-state index in [1.165, 1.54) is 25.3 Å². The molecule has 0 amide bonds. The first-order chi connectivity index (χ1) is 8.76. The standard InChI is InChI=1S/C13H18O5/c1-16-13(15)5-4-11(6-7-14)9-18-12-3-2-8-17-10-12/h4-7,12H,2-3,8-10H2,1H3/b5-4-,11-6+. The van der Waals surface area contributed by atoms with E-state index >= 15 is 0 Å². The molecule has 1 atom stereocenters. The number of carbonyl (C=O) groups is 2. The van der Waals surface area contributed by atoms with Crippen LogP contribution in [0.4, 0.5) is 0 Å². The van der Waals surface area contributed by atoms with Gasteiger partial charge in [-0.1, -0.05) is 0 Å². The second-order valence-electron chi connectivity index (χ2n) is 3.88. The van der Waals surface area contributed by atoms with Crippen LogP contribution in [0, 0.1) is 0 Å². The molecule has 18 heavy (non-hydrogen) atoms. The summed E-state index contributed by atoms with van der Waals surface area (Å²) in [6, 6.07) is 0. The van der Waals surface area contributed by atoms with Gasteiger partial charge in [0.2, 0.25) is 0 Å². The lowest BCUT2D eigenvalue weighted by molar-refractivity contribution is -0.134. The van der Waals surface area contributed by atoms with Gasteiger partial charge in [-0.05, 0) is 30.6 Å². The van der Waals surface area contributed by atoms with Crippen molar-refractivity contribution in [1.82, 2.24) is 0 Å². The van der Waals surface area contributed by atoms with Crippen molar-refractivity contribution in [2.75, 3.05) is 26.9 Å². The molecule has 5 heteroatoms. The van der Waals surface area contributed by atoms with E-state index in [9.17, 15) is 9.59 Å². The van der Waals surface area contributed by atoms with Gasteiger partial charge in [-0.25, -0.2) is 4.79 Å². The summed E-state index contributed by atoms with van der Waals surface area (Å²) in [6.07, 6.45) is 6.80. The highest BCUT2D eigenvalue weighted by Gasteiger charge is 2.14. The summed E-state index contributed by atoms with van der Waals surface area (Å²) in [5.74, 6) is -0.465. The van der Waals surface area contributed by atoms with E-state index < -0.39 is 5.97 Å². The lowest BCUT2D eigenvalue weighted by atomic mass is 10.1. The summed E-state index contributed by atoms with van der Waals surface area (Å²) >= 11 is 0. The predicted octanol–water partition coefficient (Wildman–Crippen LogP) is 1.04. The van der Waals surface area contributed by atoms with Gasteiger partial charge in [0.1, 0.15) is 6.29 Å². The zero-order chi connectivity index (χ0) is 13.2. The van der Waals surface area contributed by atoms with Gasteiger partial charge in [-0.15, -0.1) is 0 Å². The van der Waals surface area contributed by atoms with E-state index in [0.29, 0.717) is 18.5 Å². The minimum Gasteiger partial charge on any atom is -0.466 e. The Morgan fingerprint density at radius 2 is 2.28 bits per heavy atom. The van der Waals surface area contributed by atoms with Crippen LogP contribution in [-0.4, -0.2) is 45.3 Å². The Hall–Kier alpha value is -1.46. The Bertz CT molecular complexity index is 326. The normalized spacial score (nSPS) is 20.9. The van der Waals surface area contributed by atoms with Crippen molar-refractivity contribution >= 4 is 12.3 Å². The van der Waals surface area contributed by atoms with Gasteiger partial charge < -0.3 is 14.2 Å². The van der Waals surface area contributed by atoms with Crippen molar-refractivity contribution < 1.29 is 23.8 Å². The molecule has 1 rings (SSSR count). The van der Waals surface area contributed by atoms with E-state index in [0.717, 1.165) is 19.4 Å². The van der Waals surface area contributed by atoms with Crippen LogP contribution in [0.3, 0.4) is 0 Å². The summed E-state index contributed by atoms with van der Waals surface area (Å²) in [6.45, 7) is 1.63. The average Bonchev–Trinajstić information content (AvgIpc) is 2.42. The van der Waals surface area contributed by atoms with E-state index in [4.69, 9.17) is 9.47 Å². The van der Waals surface area contributed by atoms with Crippen LogP contribution >= 0.6 is 0 Å². The summed E-state index contributed by atoms with van der Waals surface area (Å²) in [5.41, 5.74) is 0.626. The van der Waals surface area contributed by atoms with E-state index in [1.54, 1.807) is 0 Å². The van der Waals surface area contributed by atoms with E-state index in [1.807, 2.05) is 0 Å². The van der Waals surface area contributed by atoms with Crippen LogP contribution in [0.25, 0.3) is 0 Å². The molecule has 0 N–H and O–H groups in total. The molecular weight excluding hydrogens is 236 g/mol. The second kappa shape index (κ2) is 8.60. The quantitative estimate of drug-likeness (QED) is 0.307. The highest BCUT2D eigenvalue weighted by Crippen LogP contribution is 2.11. The first-order valence-corrected chi connectivity index (χ1v) is 5.86. The molecule has 0 spiro atoms. The van der Waals surface area contributed by atoms with Crippen molar-refractivity contribution in [2.45, 2.75) is 18.9 Å². The van der Waals surface area contributed by atoms with Gasteiger partial charge in [0, 0.05) is 12.7 Å². The Morgan fingerprint density at radius 3 is 2.89 bits per heavy atom. The molecule has 0 bridgehead atoms. The lowest BCUT2D eigenvalue weighted by Gasteiger charge is -2.22. The predicted molar refractivity (Wildman–Crippen MR) is 65.1 cm³/mol. The first kappa shape index (κ1) is 14.6. The molecule has 0 aliphatic carbocycles. The molecule has 0 aromatic rings. The number of hydrogen-bond acceptors (Lipinski definition) is 5.